The van der Waals surface area contributed by atoms with E-state index in [9.17, 15) is 4.39 Å². The van der Waals surface area contributed by atoms with Crippen LogP contribution in [0, 0.1) is 6.92 Å². The Morgan fingerprint density at radius 2 is 1.90 bits per heavy atom. The van der Waals surface area contributed by atoms with E-state index in [-0.39, 0.29) is 0 Å². The van der Waals surface area contributed by atoms with Crippen LogP contribution in [0.25, 0.3) is 0 Å². The van der Waals surface area contributed by atoms with Gasteiger partial charge in [-0.3, -0.25) is 15.6 Å². The molecule has 1 heterocycles. The molecule has 116 valence electrons. The molecule has 1 fully saturated rings. The molecule has 0 bridgehead atoms. The van der Waals surface area contributed by atoms with E-state index in [4.69, 9.17) is 5.84 Å². The highest BCUT2D eigenvalue weighted by molar-refractivity contribution is 5.21. The molecule has 0 aliphatic carbocycles. The van der Waals surface area contributed by atoms with Crippen molar-refractivity contribution in [2.24, 2.45) is 5.84 Å². The van der Waals surface area contributed by atoms with Gasteiger partial charge in [-0.05, 0) is 12.5 Å². The first kappa shape index (κ1) is 15.9. The van der Waals surface area contributed by atoms with Gasteiger partial charge in [0, 0.05) is 45.0 Å². The van der Waals surface area contributed by atoms with E-state index in [1.807, 2.05) is 0 Å². The van der Waals surface area contributed by atoms with Crippen LogP contribution in [0.3, 0.4) is 0 Å². The molecule has 4 nitrogen and oxygen atoms in total. The van der Waals surface area contributed by atoms with E-state index < -0.39 is 6.17 Å². The van der Waals surface area contributed by atoms with Crippen LogP contribution in [-0.2, 0) is 6.54 Å². The first-order valence-corrected chi connectivity index (χ1v) is 7.35. The van der Waals surface area contributed by atoms with E-state index in [1.165, 1.54) is 11.1 Å². The SMILES string of the molecule is C=C(CN1CCN(Cc2ccc(C)cc2)CC(F)C1)NN. The maximum absolute atomic E-state index is 14.1. The Labute approximate surface area is 126 Å². The molecular formula is C16H25FN4. The molecule has 0 spiro atoms. The molecule has 0 aromatic heterocycles. The minimum absolute atomic E-state index is 0.436. The van der Waals surface area contributed by atoms with Crippen molar-refractivity contribution in [3.05, 3.63) is 47.7 Å². The normalized spacial score (nSPS) is 21.0. The summed E-state index contributed by atoms with van der Waals surface area (Å²) in [6.45, 7) is 9.86. The summed E-state index contributed by atoms with van der Waals surface area (Å²) in [5.74, 6) is 5.32. The van der Waals surface area contributed by atoms with Crippen molar-refractivity contribution in [3.8, 4) is 0 Å². The molecule has 0 amide bonds. The Bertz CT molecular complexity index is 460. The van der Waals surface area contributed by atoms with Gasteiger partial charge in [-0.1, -0.05) is 36.4 Å². The highest BCUT2D eigenvalue weighted by Gasteiger charge is 2.22. The van der Waals surface area contributed by atoms with Crippen molar-refractivity contribution >= 4 is 0 Å². The number of nitrogens with two attached hydrogens (primary N) is 1. The third kappa shape index (κ3) is 5.12. The molecule has 1 atom stereocenters. The van der Waals surface area contributed by atoms with Crippen molar-refractivity contribution < 1.29 is 4.39 Å². The molecule has 1 unspecified atom stereocenters. The van der Waals surface area contributed by atoms with E-state index >= 15 is 0 Å². The first-order chi connectivity index (χ1) is 10.1. The number of halogens is 1. The fourth-order valence-electron chi connectivity index (χ4n) is 2.64. The van der Waals surface area contributed by atoms with Crippen molar-refractivity contribution in [1.29, 1.82) is 0 Å². The lowest BCUT2D eigenvalue weighted by Gasteiger charge is -2.22. The van der Waals surface area contributed by atoms with Crippen LogP contribution in [0.4, 0.5) is 4.39 Å². The quantitative estimate of drug-likeness (QED) is 0.636. The maximum Gasteiger partial charge on any atom is 0.125 e. The molecule has 0 saturated carbocycles. The molecule has 3 N–H and O–H groups in total. The zero-order valence-electron chi connectivity index (χ0n) is 12.7. The first-order valence-electron chi connectivity index (χ1n) is 7.35. The highest BCUT2D eigenvalue weighted by Crippen LogP contribution is 2.12. The van der Waals surface area contributed by atoms with Gasteiger partial charge in [-0.2, -0.15) is 0 Å². The zero-order valence-corrected chi connectivity index (χ0v) is 12.7. The molecule has 1 aromatic rings. The summed E-state index contributed by atoms with van der Waals surface area (Å²) in [7, 11) is 0. The predicted molar refractivity (Wildman–Crippen MR) is 84.3 cm³/mol. The zero-order chi connectivity index (χ0) is 15.2. The van der Waals surface area contributed by atoms with Gasteiger partial charge in [-0.15, -0.1) is 0 Å². The van der Waals surface area contributed by atoms with Crippen LogP contribution in [0.15, 0.2) is 36.5 Å². The van der Waals surface area contributed by atoms with Gasteiger partial charge in [0.2, 0.25) is 0 Å². The summed E-state index contributed by atoms with van der Waals surface area (Å²) >= 11 is 0. The molecule has 2 rings (SSSR count). The second-order valence-corrected chi connectivity index (χ2v) is 5.80. The third-order valence-corrected chi connectivity index (χ3v) is 3.79. The van der Waals surface area contributed by atoms with Gasteiger partial charge < -0.3 is 5.43 Å². The average Bonchev–Trinajstić information content (AvgIpc) is 2.62. The second kappa shape index (κ2) is 7.54. The highest BCUT2D eigenvalue weighted by atomic mass is 19.1. The van der Waals surface area contributed by atoms with Gasteiger partial charge >= 0.3 is 0 Å². The standard InChI is InChI=1S/C16H25FN4/c1-13-3-5-15(6-4-13)10-21-8-7-20(9-14(2)19-18)11-16(17)12-21/h3-6,16,19H,2,7-12,18H2,1H3. The summed E-state index contributed by atoms with van der Waals surface area (Å²) in [5, 5.41) is 0. The number of nitrogens with zero attached hydrogens (tertiary/aromatic N) is 2. The fourth-order valence-corrected chi connectivity index (χ4v) is 2.64. The van der Waals surface area contributed by atoms with Gasteiger partial charge in [-0.25, -0.2) is 4.39 Å². The van der Waals surface area contributed by atoms with Crippen molar-refractivity contribution in [3.63, 3.8) is 0 Å². The lowest BCUT2D eigenvalue weighted by atomic mass is 10.1. The van der Waals surface area contributed by atoms with Crippen LogP contribution in [-0.4, -0.2) is 48.7 Å². The van der Waals surface area contributed by atoms with E-state index in [2.05, 4.69) is 53.0 Å². The molecule has 21 heavy (non-hydrogen) atoms. The number of alkyl halides is 1. The lowest BCUT2D eigenvalue weighted by molar-refractivity contribution is 0.200. The number of aryl methyl sites for hydroxylation is 1. The number of hydrogen-bond donors (Lipinski definition) is 2. The Hall–Kier alpha value is -1.43. The molecule has 1 aromatic carbocycles. The van der Waals surface area contributed by atoms with Crippen LogP contribution < -0.4 is 11.3 Å². The van der Waals surface area contributed by atoms with Gasteiger partial charge in [0.05, 0.1) is 0 Å². The van der Waals surface area contributed by atoms with Gasteiger partial charge in [0.1, 0.15) is 6.17 Å². The molecule has 1 aliphatic heterocycles. The summed E-state index contributed by atoms with van der Waals surface area (Å²) in [5.41, 5.74) is 5.73. The van der Waals surface area contributed by atoms with Gasteiger partial charge in [0.25, 0.3) is 0 Å². The number of benzene rings is 1. The lowest BCUT2D eigenvalue weighted by Crippen LogP contribution is -2.36. The second-order valence-electron chi connectivity index (χ2n) is 5.80. The molecule has 1 aliphatic rings. The Morgan fingerprint density at radius 3 is 2.57 bits per heavy atom. The minimum atomic E-state index is -0.844. The topological polar surface area (TPSA) is 44.5 Å². The summed E-state index contributed by atoms with van der Waals surface area (Å²) in [6, 6.07) is 8.43. The minimum Gasteiger partial charge on any atom is -0.328 e. The van der Waals surface area contributed by atoms with Crippen molar-refractivity contribution in [2.45, 2.75) is 19.6 Å². The monoisotopic (exact) mass is 292 g/mol. The van der Waals surface area contributed by atoms with Crippen LogP contribution in [0.1, 0.15) is 11.1 Å². The summed E-state index contributed by atoms with van der Waals surface area (Å²) < 4.78 is 14.1. The van der Waals surface area contributed by atoms with E-state index in [0.29, 0.717) is 25.3 Å². The smallest absolute Gasteiger partial charge is 0.125 e. The third-order valence-electron chi connectivity index (χ3n) is 3.79. The number of hydrazine groups is 1. The maximum atomic E-state index is 14.1. The predicted octanol–water partition coefficient (Wildman–Crippen LogP) is 1.43. The van der Waals surface area contributed by atoms with Crippen LogP contribution >= 0.6 is 0 Å². The van der Waals surface area contributed by atoms with Crippen LogP contribution in [0.2, 0.25) is 0 Å². The average molecular weight is 292 g/mol. The Balaban J connectivity index is 1.91. The number of nitrogens with one attached hydrogen (secondary N) is 1. The summed E-state index contributed by atoms with van der Waals surface area (Å²) in [6.07, 6.45) is -0.844. The summed E-state index contributed by atoms with van der Waals surface area (Å²) in [4.78, 5) is 4.23. The van der Waals surface area contributed by atoms with E-state index in [0.717, 1.165) is 19.6 Å². The van der Waals surface area contributed by atoms with Crippen LogP contribution in [0.5, 0.6) is 0 Å². The molecule has 5 heteroatoms. The number of hydrogen-bond acceptors (Lipinski definition) is 4. The largest absolute Gasteiger partial charge is 0.328 e. The Morgan fingerprint density at radius 1 is 1.29 bits per heavy atom. The fraction of sp³-hybridized carbons (Fsp3) is 0.500. The number of rotatable bonds is 5. The van der Waals surface area contributed by atoms with Crippen molar-refractivity contribution in [1.82, 2.24) is 15.2 Å². The molecule has 0 radical (unpaired) electrons. The Kier molecular flexibility index (Phi) is 5.73. The van der Waals surface area contributed by atoms with Gasteiger partial charge in [0.15, 0.2) is 0 Å². The van der Waals surface area contributed by atoms with Crippen molar-refractivity contribution in [2.75, 3.05) is 32.7 Å². The molecular weight excluding hydrogens is 267 g/mol. The van der Waals surface area contributed by atoms with E-state index in [1.54, 1.807) is 0 Å². The molecule has 1 saturated heterocycles.